The van der Waals surface area contributed by atoms with Crippen LogP contribution in [0.1, 0.15) is 252 Å². The monoisotopic (exact) mass is 853 g/mol. The number of carbonyl (C=O) groups is 3. The van der Waals surface area contributed by atoms with Crippen LogP contribution in [0, 0.1) is 0 Å². The number of carbonyl (C=O) groups excluding carboxylic acids is 3. The summed E-state index contributed by atoms with van der Waals surface area (Å²) >= 11 is 0. The van der Waals surface area contributed by atoms with Gasteiger partial charge < -0.3 is 14.2 Å². The van der Waals surface area contributed by atoms with Gasteiger partial charge in [-0.15, -0.1) is 0 Å². The number of ether oxygens (including phenoxy) is 3. The zero-order chi connectivity index (χ0) is 44.4. The molecule has 1 atom stereocenters. The third kappa shape index (κ3) is 48.0. The molecule has 0 spiro atoms. The molecule has 0 aliphatic heterocycles. The van der Waals surface area contributed by atoms with Crippen molar-refractivity contribution in [3.8, 4) is 0 Å². The Morgan fingerprint density at radius 1 is 0.328 bits per heavy atom. The molecule has 0 heterocycles. The first kappa shape index (κ1) is 58.1. The van der Waals surface area contributed by atoms with Gasteiger partial charge in [0.25, 0.3) is 0 Å². The van der Waals surface area contributed by atoms with E-state index in [9.17, 15) is 14.4 Å². The van der Waals surface area contributed by atoms with E-state index in [1.165, 1.54) is 109 Å². The Morgan fingerprint density at radius 3 is 0.967 bits per heavy atom. The quantitative estimate of drug-likeness (QED) is 0.0263. The van der Waals surface area contributed by atoms with Crippen molar-refractivity contribution in [1.29, 1.82) is 0 Å². The molecule has 0 aliphatic rings. The molecule has 61 heavy (non-hydrogen) atoms. The van der Waals surface area contributed by atoms with Crippen LogP contribution in [0.3, 0.4) is 0 Å². The molecule has 0 bridgehead atoms. The van der Waals surface area contributed by atoms with Crippen molar-refractivity contribution in [3.05, 3.63) is 60.8 Å². The molecule has 0 saturated carbocycles. The fourth-order valence-corrected chi connectivity index (χ4v) is 7.03. The lowest BCUT2D eigenvalue weighted by Gasteiger charge is -2.18. The minimum absolute atomic E-state index is 0.0891. The highest BCUT2D eigenvalue weighted by Gasteiger charge is 2.19. The van der Waals surface area contributed by atoms with Crippen LogP contribution in [0.5, 0.6) is 0 Å². The molecule has 0 amide bonds. The number of rotatable bonds is 46. The predicted octanol–water partition coefficient (Wildman–Crippen LogP) is 16.9. The van der Waals surface area contributed by atoms with E-state index in [4.69, 9.17) is 14.2 Å². The summed E-state index contributed by atoms with van der Waals surface area (Å²) in [6.45, 7) is 6.55. The average Bonchev–Trinajstić information content (AvgIpc) is 3.26. The van der Waals surface area contributed by atoms with Crippen molar-refractivity contribution in [2.45, 2.75) is 258 Å². The highest BCUT2D eigenvalue weighted by Crippen LogP contribution is 2.13. The third-order valence-electron chi connectivity index (χ3n) is 11.0. The standard InChI is InChI=1S/C55H96O6/c1-4-7-10-13-16-19-22-25-26-27-28-31-33-36-39-42-45-48-54(57)60-51-52(61-55(58)49-46-43-40-37-34-30-24-21-18-15-12-9-6-3)50-59-53(56)47-44-41-38-35-32-29-23-20-17-14-11-8-5-2/h16,19-21,23-26,28,31,52H,4-15,17-18,22,27,29-30,32-51H2,1-3H3/b19-16-,23-20-,24-21-,26-25-,31-28-/t52-/m1/s1. The molecular formula is C55H96O6. The zero-order valence-electron chi connectivity index (χ0n) is 40.2. The highest BCUT2D eigenvalue weighted by molar-refractivity contribution is 5.71. The summed E-state index contributed by atoms with van der Waals surface area (Å²) in [6, 6.07) is 0. The third-order valence-corrected chi connectivity index (χ3v) is 11.0. The maximum absolute atomic E-state index is 12.8. The van der Waals surface area contributed by atoms with Crippen LogP contribution in [-0.2, 0) is 28.6 Å². The van der Waals surface area contributed by atoms with Crippen LogP contribution >= 0.6 is 0 Å². The Hall–Kier alpha value is -2.89. The van der Waals surface area contributed by atoms with Crippen LogP contribution in [0.15, 0.2) is 60.8 Å². The Labute approximate surface area is 377 Å². The fourth-order valence-electron chi connectivity index (χ4n) is 7.03. The molecule has 0 aliphatic carbocycles. The Balaban J connectivity index is 4.43. The number of unbranched alkanes of at least 4 members (excludes halogenated alkanes) is 25. The van der Waals surface area contributed by atoms with Gasteiger partial charge in [0.2, 0.25) is 0 Å². The van der Waals surface area contributed by atoms with Crippen molar-refractivity contribution < 1.29 is 28.6 Å². The molecule has 0 rings (SSSR count). The molecule has 6 heteroatoms. The number of hydrogen-bond donors (Lipinski definition) is 0. The summed E-state index contributed by atoms with van der Waals surface area (Å²) in [4.78, 5) is 37.9. The normalized spacial score (nSPS) is 12.5. The topological polar surface area (TPSA) is 78.9 Å². The van der Waals surface area contributed by atoms with Gasteiger partial charge >= 0.3 is 17.9 Å². The second kappa shape index (κ2) is 49.8. The maximum atomic E-state index is 12.8. The molecule has 352 valence electrons. The molecule has 0 aromatic carbocycles. The first-order chi connectivity index (χ1) is 30.0. The molecule has 0 unspecified atom stereocenters. The highest BCUT2D eigenvalue weighted by atomic mass is 16.6. The molecule has 0 aromatic rings. The van der Waals surface area contributed by atoms with Crippen LogP contribution in [-0.4, -0.2) is 37.2 Å². The van der Waals surface area contributed by atoms with Gasteiger partial charge in [-0.3, -0.25) is 14.4 Å². The van der Waals surface area contributed by atoms with E-state index in [1.54, 1.807) is 0 Å². The minimum atomic E-state index is -0.789. The maximum Gasteiger partial charge on any atom is 0.306 e. The molecule has 0 fully saturated rings. The van der Waals surface area contributed by atoms with Gasteiger partial charge in [0, 0.05) is 19.3 Å². The van der Waals surface area contributed by atoms with E-state index in [-0.39, 0.29) is 31.1 Å². The SMILES string of the molecule is CCCCC/C=C\C/C=C\C/C=C\CCCCCCC(=O)OC[C@@H](COC(=O)CCCCCCC/C=C\CCCCCC)OC(=O)CCCCCCC/C=C\CCCCCC. The van der Waals surface area contributed by atoms with Gasteiger partial charge in [-0.25, -0.2) is 0 Å². The van der Waals surface area contributed by atoms with Gasteiger partial charge in [-0.2, -0.15) is 0 Å². The van der Waals surface area contributed by atoms with E-state index in [0.717, 1.165) is 103 Å². The van der Waals surface area contributed by atoms with Crippen molar-refractivity contribution in [2.24, 2.45) is 0 Å². The van der Waals surface area contributed by atoms with Crippen LogP contribution in [0.4, 0.5) is 0 Å². The van der Waals surface area contributed by atoms with Crippen LogP contribution in [0.2, 0.25) is 0 Å². The Morgan fingerprint density at radius 2 is 0.590 bits per heavy atom. The van der Waals surface area contributed by atoms with Gasteiger partial charge in [-0.05, 0) is 109 Å². The fraction of sp³-hybridized carbons (Fsp3) is 0.764. The lowest BCUT2D eigenvalue weighted by Crippen LogP contribution is -2.30. The van der Waals surface area contributed by atoms with Crippen molar-refractivity contribution in [2.75, 3.05) is 13.2 Å². The van der Waals surface area contributed by atoms with Gasteiger partial charge in [0.1, 0.15) is 13.2 Å². The summed E-state index contributed by atoms with van der Waals surface area (Å²) in [6.07, 6.45) is 60.5. The molecule has 0 aromatic heterocycles. The number of hydrogen-bond acceptors (Lipinski definition) is 6. The molecule has 6 nitrogen and oxygen atoms in total. The van der Waals surface area contributed by atoms with E-state index in [2.05, 4.69) is 81.5 Å². The van der Waals surface area contributed by atoms with Gasteiger partial charge in [0.05, 0.1) is 0 Å². The summed E-state index contributed by atoms with van der Waals surface area (Å²) in [5.41, 5.74) is 0. The smallest absolute Gasteiger partial charge is 0.306 e. The van der Waals surface area contributed by atoms with Crippen LogP contribution < -0.4 is 0 Å². The Kier molecular flexibility index (Phi) is 47.4. The van der Waals surface area contributed by atoms with Crippen molar-refractivity contribution in [1.82, 2.24) is 0 Å². The first-order valence-corrected chi connectivity index (χ1v) is 25.8. The first-order valence-electron chi connectivity index (χ1n) is 25.8. The largest absolute Gasteiger partial charge is 0.462 e. The van der Waals surface area contributed by atoms with Gasteiger partial charge in [-0.1, -0.05) is 184 Å². The molecular weight excluding hydrogens is 757 g/mol. The second-order valence-corrected chi connectivity index (χ2v) is 17.1. The number of allylic oxidation sites excluding steroid dienone is 10. The van der Waals surface area contributed by atoms with E-state index >= 15 is 0 Å². The summed E-state index contributed by atoms with van der Waals surface area (Å²) in [5, 5.41) is 0. The van der Waals surface area contributed by atoms with E-state index in [0.29, 0.717) is 19.3 Å². The lowest BCUT2D eigenvalue weighted by atomic mass is 10.1. The number of esters is 3. The van der Waals surface area contributed by atoms with Gasteiger partial charge in [0.15, 0.2) is 6.10 Å². The molecule has 0 radical (unpaired) electrons. The predicted molar refractivity (Wildman–Crippen MR) is 261 cm³/mol. The lowest BCUT2D eigenvalue weighted by molar-refractivity contribution is -0.167. The van der Waals surface area contributed by atoms with Crippen molar-refractivity contribution in [3.63, 3.8) is 0 Å². The van der Waals surface area contributed by atoms with Crippen LogP contribution in [0.25, 0.3) is 0 Å². The summed E-state index contributed by atoms with van der Waals surface area (Å²) in [5.74, 6) is -0.926. The molecule has 0 saturated heterocycles. The molecule has 0 N–H and O–H groups in total. The Bertz CT molecular complexity index is 1120. The second-order valence-electron chi connectivity index (χ2n) is 17.1. The average molecular weight is 853 g/mol. The summed E-state index contributed by atoms with van der Waals surface area (Å²) in [7, 11) is 0. The van der Waals surface area contributed by atoms with E-state index in [1.807, 2.05) is 0 Å². The van der Waals surface area contributed by atoms with E-state index < -0.39 is 6.10 Å². The zero-order valence-corrected chi connectivity index (χ0v) is 40.2. The minimum Gasteiger partial charge on any atom is -0.462 e. The van der Waals surface area contributed by atoms with Crippen molar-refractivity contribution >= 4 is 17.9 Å². The summed E-state index contributed by atoms with van der Waals surface area (Å²) < 4.78 is 16.8.